The second kappa shape index (κ2) is 5.25. The molecule has 0 radical (unpaired) electrons. The Balaban J connectivity index is 2.77. The summed E-state index contributed by atoms with van der Waals surface area (Å²) in [5.74, 6) is 0.500. The summed E-state index contributed by atoms with van der Waals surface area (Å²) in [6, 6.07) is 0.348. The average molecular weight is 203 g/mol. The highest BCUT2D eigenvalue weighted by atomic mass is 35.5. The number of hydrogen-bond acceptors (Lipinski definition) is 2. The third-order valence-electron chi connectivity index (χ3n) is 2.11. The third-order valence-corrected chi connectivity index (χ3v) is 2.38. The Morgan fingerprint density at radius 3 is 3.00 bits per heavy atom. The fourth-order valence-corrected chi connectivity index (χ4v) is 1.56. The van der Waals surface area contributed by atoms with Gasteiger partial charge in [-0.05, 0) is 6.42 Å². The van der Waals surface area contributed by atoms with E-state index in [1.54, 1.807) is 13.3 Å². The molecule has 4 heteroatoms. The number of alkyl halides is 1. The van der Waals surface area contributed by atoms with Gasteiger partial charge in [-0.3, -0.25) is 0 Å². The van der Waals surface area contributed by atoms with Gasteiger partial charge in [0.25, 0.3) is 0 Å². The molecule has 0 N–H and O–H groups in total. The van der Waals surface area contributed by atoms with Gasteiger partial charge < -0.3 is 9.30 Å². The highest BCUT2D eigenvalue weighted by Gasteiger charge is 2.11. The van der Waals surface area contributed by atoms with Crippen LogP contribution < -0.4 is 0 Å². The molecule has 0 fully saturated rings. The molecule has 1 aromatic heterocycles. The molecule has 3 nitrogen and oxygen atoms in total. The van der Waals surface area contributed by atoms with Crippen LogP contribution in [0.2, 0.25) is 0 Å². The molecule has 1 rings (SSSR count). The molecule has 74 valence electrons. The van der Waals surface area contributed by atoms with Gasteiger partial charge in [0.2, 0.25) is 0 Å². The lowest BCUT2D eigenvalue weighted by Crippen LogP contribution is -2.14. The lowest BCUT2D eigenvalue weighted by Gasteiger charge is -2.17. The van der Waals surface area contributed by atoms with Crippen LogP contribution in [0.4, 0.5) is 0 Å². The first kappa shape index (κ1) is 10.5. The van der Waals surface area contributed by atoms with Crippen molar-refractivity contribution in [3.8, 4) is 0 Å². The molecule has 0 aliphatic carbocycles. The zero-order valence-corrected chi connectivity index (χ0v) is 8.79. The van der Waals surface area contributed by atoms with E-state index in [4.69, 9.17) is 16.3 Å². The van der Waals surface area contributed by atoms with Crippen LogP contribution in [0.5, 0.6) is 0 Å². The second-order valence-electron chi connectivity index (χ2n) is 2.94. The second-order valence-corrected chi connectivity index (χ2v) is 3.21. The van der Waals surface area contributed by atoms with Crippen molar-refractivity contribution >= 4 is 11.6 Å². The van der Waals surface area contributed by atoms with Crippen LogP contribution in [-0.4, -0.2) is 23.3 Å². The third kappa shape index (κ3) is 2.45. The smallest absolute Gasteiger partial charge is 0.0951 e. The lowest BCUT2D eigenvalue weighted by atomic mass is 10.2. The van der Waals surface area contributed by atoms with Crippen molar-refractivity contribution in [1.29, 1.82) is 0 Å². The number of rotatable bonds is 5. The van der Waals surface area contributed by atoms with Crippen LogP contribution in [0.25, 0.3) is 0 Å². The van der Waals surface area contributed by atoms with Gasteiger partial charge in [-0.2, -0.15) is 0 Å². The number of ether oxygens (including phenoxy) is 1. The zero-order chi connectivity index (χ0) is 9.68. The van der Waals surface area contributed by atoms with Crippen LogP contribution in [0, 0.1) is 0 Å². The number of methoxy groups -OCH3 is 1. The summed E-state index contributed by atoms with van der Waals surface area (Å²) in [4.78, 5) is 4.07. The summed E-state index contributed by atoms with van der Waals surface area (Å²) in [5.41, 5.74) is 1.05. The van der Waals surface area contributed by atoms with E-state index < -0.39 is 0 Å². The average Bonchev–Trinajstić information content (AvgIpc) is 2.61. The summed E-state index contributed by atoms with van der Waals surface area (Å²) in [6.07, 6.45) is 4.63. The van der Waals surface area contributed by atoms with Crippen LogP contribution in [0.15, 0.2) is 12.5 Å². The predicted octanol–water partition coefficient (Wildman–Crippen LogP) is 2.22. The van der Waals surface area contributed by atoms with Crippen molar-refractivity contribution in [3.05, 3.63) is 18.2 Å². The van der Waals surface area contributed by atoms with Gasteiger partial charge in [0.1, 0.15) is 0 Å². The van der Waals surface area contributed by atoms with E-state index in [1.807, 2.05) is 6.33 Å². The molecule has 0 aliphatic heterocycles. The Morgan fingerprint density at radius 2 is 2.46 bits per heavy atom. The summed E-state index contributed by atoms with van der Waals surface area (Å²) >= 11 is 5.77. The maximum atomic E-state index is 5.77. The largest absolute Gasteiger partial charge is 0.383 e. The number of hydrogen-bond donors (Lipinski definition) is 0. The van der Waals surface area contributed by atoms with Gasteiger partial charge in [0, 0.05) is 13.3 Å². The Labute approximate surface area is 83.7 Å². The molecule has 1 unspecified atom stereocenters. The molecular formula is C9H15ClN2O. The molecule has 0 spiro atoms. The quantitative estimate of drug-likeness (QED) is 0.685. The SMILES string of the molecule is CCC(COC)n1cncc1CCl. The standard InChI is InChI=1S/C9H15ClN2O/c1-3-8(6-13-2)12-7-11-5-9(12)4-10/h5,7-8H,3-4,6H2,1-2H3. The Bertz CT molecular complexity index is 250. The van der Waals surface area contributed by atoms with E-state index in [9.17, 15) is 0 Å². The van der Waals surface area contributed by atoms with E-state index in [0.717, 1.165) is 12.1 Å². The fourth-order valence-electron chi connectivity index (χ4n) is 1.35. The summed E-state index contributed by atoms with van der Waals surface area (Å²) < 4.78 is 7.21. The summed E-state index contributed by atoms with van der Waals surface area (Å²) in [6.45, 7) is 2.83. The first-order chi connectivity index (χ1) is 6.33. The molecule has 0 bridgehead atoms. The lowest BCUT2D eigenvalue weighted by molar-refractivity contribution is 0.152. The van der Waals surface area contributed by atoms with Gasteiger partial charge in [0.05, 0.1) is 30.5 Å². The van der Waals surface area contributed by atoms with Crippen molar-refractivity contribution in [2.24, 2.45) is 0 Å². The van der Waals surface area contributed by atoms with E-state index in [-0.39, 0.29) is 0 Å². The van der Waals surface area contributed by atoms with Gasteiger partial charge in [-0.1, -0.05) is 6.92 Å². The number of imidazole rings is 1. The van der Waals surface area contributed by atoms with Crippen molar-refractivity contribution in [1.82, 2.24) is 9.55 Å². The Kier molecular flexibility index (Phi) is 4.25. The topological polar surface area (TPSA) is 27.1 Å². The van der Waals surface area contributed by atoms with Gasteiger partial charge in [-0.15, -0.1) is 11.6 Å². The maximum absolute atomic E-state index is 5.77. The molecule has 0 saturated carbocycles. The van der Waals surface area contributed by atoms with Crippen LogP contribution in [0.1, 0.15) is 25.1 Å². The minimum atomic E-state index is 0.348. The van der Waals surface area contributed by atoms with Gasteiger partial charge >= 0.3 is 0 Å². The molecule has 0 amide bonds. The first-order valence-electron chi connectivity index (χ1n) is 4.39. The van der Waals surface area contributed by atoms with E-state index in [0.29, 0.717) is 18.5 Å². The highest BCUT2D eigenvalue weighted by Crippen LogP contribution is 2.15. The van der Waals surface area contributed by atoms with E-state index in [2.05, 4.69) is 16.5 Å². The van der Waals surface area contributed by atoms with E-state index >= 15 is 0 Å². The zero-order valence-electron chi connectivity index (χ0n) is 8.03. The highest BCUT2D eigenvalue weighted by molar-refractivity contribution is 6.16. The van der Waals surface area contributed by atoms with E-state index in [1.165, 1.54) is 0 Å². The van der Waals surface area contributed by atoms with Crippen molar-refractivity contribution in [2.45, 2.75) is 25.3 Å². The predicted molar refractivity (Wildman–Crippen MR) is 53.0 cm³/mol. The van der Waals surface area contributed by atoms with Crippen molar-refractivity contribution < 1.29 is 4.74 Å². The summed E-state index contributed by atoms with van der Waals surface area (Å²) in [5, 5.41) is 0. The number of aromatic nitrogens is 2. The molecule has 0 aliphatic rings. The molecule has 13 heavy (non-hydrogen) atoms. The van der Waals surface area contributed by atoms with Crippen LogP contribution in [0.3, 0.4) is 0 Å². The molecule has 0 aromatic carbocycles. The Morgan fingerprint density at radius 1 is 1.69 bits per heavy atom. The van der Waals surface area contributed by atoms with Crippen LogP contribution in [-0.2, 0) is 10.6 Å². The van der Waals surface area contributed by atoms with Crippen molar-refractivity contribution in [3.63, 3.8) is 0 Å². The van der Waals surface area contributed by atoms with Gasteiger partial charge in [-0.25, -0.2) is 4.98 Å². The molecule has 1 aromatic rings. The van der Waals surface area contributed by atoms with Crippen LogP contribution >= 0.6 is 11.6 Å². The molecular weight excluding hydrogens is 188 g/mol. The maximum Gasteiger partial charge on any atom is 0.0951 e. The normalized spacial score (nSPS) is 13.2. The van der Waals surface area contributed by atoms with Crippen molar-refractivity contribution in [2.75, 3.05) is 13.7 Å². The first-order valence-corrected chi connectivity index (χ1v) is 4.92. The number of halogens is 1. The van der Waals surface area contributed by atoms with Gasteiger partial charge in [0.15, 0.2) is 0 Å². The monoisotopic (exact) mass is 202 g/mol. The molecule has 1 atom stereocenters. The molecule has 1 heterocycles. The minimum absolute atomic E-state index is 0.348. The Hall–Kier alpha value is -0.540. The molecule has 0 saturated heterocycles. The summed E-state index contributed by atoms with van der Waals surface area (Å²) in [7, 11) is 1.71. The minimum Gasteiger partial charge on any atom is -0.383 e. The number of nitrogens with zero attached hydrogens (tertiary/aromatic N) is 2. The fraction of sp³-hybridized carbons (Fsp3) is 0.667.